The first-order valence-electron chi connectivity index (χ1n) is 20.6. The highest BCUT2D eigenvalue weighted by atomic mass is 16.5. The fourth-order valence-electron chi connectivity index (χ4n) is 13.6. The lowest BCUT2D eigenvalue weighted by molar-refractivity contribution is -0.235. The van der Waals surface area contributed by atoms with Gasteiger partial charge in [0.25, 0.3) is 0 Å². The van der Waals surface area contributed by atoms with Gasteiger partial charge < -0.3 is 9.64 Å². The summed E-state index contributed by atoms with van der Waals surface area (Å²) in [5, 5.41) is 2.56. The van der Waals surface area contributed by atoms with Crippen LogP contribution >= 0.6 is 0 Å². The molecule has 268 valence electrons. The van der Waals surface area contributed by atoms with E-state index in [2.05, 4.69) is 160 Å². The third-order valence-corrected chi connectivity index (χ3v) is 16.0. The first kappa shape index (κ1) is 31.5. The molecule has 2 spiro atoms. The fraction of sp³-hybridized carbons (Fsp3) is 0.346. The standard InChI is InChI=1S/C52H49NO/c1-49(2)24-25-50(3,4)44-29-37(20-22-41(44)49)53(36-18-16-34(17-19-36)40-13-9-11-33-10-5-6-12-39(33)40)38-21-23-43-46(30-38)54-45-15-8-7-14-42(45)52(43)47-27-32-26-35-28-48(52)51(35,47)31-32/h5-23,29-30,32,35,47-48H,24-28,31H2,1-4H3. The summed E-state index contributed by atoms with van der Waals surface area (Å²) in [5.41, 5.74) is 12.8. The van der Waals surface area contributed by atoms with Crippen molar-refractivity contribution in [2.45, 2.75) is 82.5 Å². The summed E-state index contributed by atoms with van der Waals surface area (Å²) < 4.78 is 7.01. The second-order valence-electron chi connectivity index (χ2n) is 19.2. The van der Waals surface area contributed by atoms with Gasteiger partial charge in [-0.3, -0.25) is 0 Å². The van der Waals surface area contributed by atoms with Gasteiger partial charge in [0.1, 0.15) is 11.5 Å². The third kappa shape index (κ3) is 3.87. The summed E-state index contributed by atoms with van der Waals surface area (Å²) in [6.45, 7) is 9.71. The van der Waals surface area contributed by atoms with Gasteiger partial charge in [-0.25, -0.2) is 0 Å². The number of hydrogen-bond donors (Lipinski definition) is 0. The molecule has 4 saturated carbocycles. The maximum atomic E-state index is 7.01. The van der Waals surface area contributed by atoms with Crippen molar-refractivity contribution in [1.29, 1.82) is 0 Å². The number of hydrogen-bond acceptors (Lipinski definition) is 2. The fourth-order valence-corrected chi connectivity index (χ4v) is 13.6. The molecule has 2 heteroatoms. The molecule has 0 aromatic heterocycles. The average Bonchev–Trinajstić information content (AvgIpc) is 3.72. The highest BCUT2D eigenvalue weighted by Crippen LogP contribution is 2.89. The normalized spacial score (nSPS) is 29.6. The van der Waals surface area contributed by atoms with E-state index in [0.29, 0.717) is 5.41 Å². The maximum absolute atomic E-state index is 7.01. The lowest BCUT2D eigenvalue weighted by atomic mass is 9.26. The van der Waals surface area contributed by atoms with Gasteiger partial charge in [-0.15, -0.1) is 0 Å². The van der Waals surface area contributed by atoms with Gasteiger partial charge in [-0.2, -0.15) is 0 Å². The minimum atomic E-state index is 0.0841. The van der Waals surface area contributed by atoms with E-state index in [1.807, 2.05) is 0 Å². The van der Waals surface area contributed by atoms with Crippen LogP contribution in [0.15, 0.2) is 127 Å². The van der Waals surface area contributed by atoms with Crippen molar-refractivity contribution >= 4 is 27.8 Å². The number of ether oxygens (including phenoxy) is 1. The Kier molecular flexibility index (Phi) is 6.12. The molecule has 0 N–H and O–H groups in total. The molecule has 0 amide bonds. The Morgan fingerprint density at radius 1 is 0.556 bits per heavy atom. The zero-order valence-electron chi connectivity index (χ0n) is 32.0. The number of rotatable bonds is 4. The molecule has 0 saturated heterocycles. The van der Waals surface area contributed by atoms with Crippen LogP contribution < -0.4 is 9.64 Å². The van der Waals surface area contributed by atoms with Crippen molar-refractivity contribution in [3.05, 3.63) is 150 Å². The van der Waals surface area contributed by atoms with E-state index < -0.39 is 0 Å². The van der Waals surface area contributed by atoms with E-state index in [-0.39, 0.29) is 16.2 Å². The quantitative estimate of drug-likeness (QED) is 0.181. The molecule has 6 aromatic rings. The van der Waals surface area contributed by atoms with Crippen LogP contribution in [0.3, 0.4) is 0 Å². The molecule has 5 aliphatic carbocycles. The van der Waals surface area contributed by atoms with E-state index in [0.717, 1.165) is 46.5 Å². The molecular weight excluding hydrogens is 655 g/mol. The first-order chi connectivity index (χ1) is 26.2. The molecule has 54 heavy (non-hydrogen) atoms. The molecule has 2 nitrogen and oxygen atoms in total. The Morgan fingerprint density at radius 3 is 2.06 bits per heavy atom. The largest absolute Gasteiger partial charge is 0.457 e. The van der Waals surface area contributed by atoms with E-state index in [4.69, 9.17) is 4.74 Å². The third-order valence-electron chi connectivity index (χ3n) is 16.0. The smallest absolute Gasteiger partial charge is 0.133 e. The molecule has 1 aliphatic heterocycles. The van der Waals surface area contributed by atoms with Crippen LogP contribution in [0.2, 0.25) is 0 Å². The predicted octanol–water partition coefficient (Wildman–Crippen LogP) is 13.8. The molecule has 0 radical (unpaired) electrons. The van der Waals surface area contributed by atoms with Crippen LogP contribution in [-0.2, 0) is 16.2 Å². The summed E-state index contributed by atoms with van der Waals surface area (Å²) in [6.07, 6.45) is 8.13. The van der Waals surface area contributed by atoms with E-state index in [9.17, 15) is 0 Å². The zero-order valence-corrected chi connectivity index (χ0v) is 32.0. The molecule has 6 atom stereocenters. The second-order valence-corrected chi connectivity index (χ2v) is 19.2. The molecule has 6 aliphatic rings. The minimum Gasteiger partial charge on any atom is -0.457 e. The lowest BCUT2D eigenvalue weighted by Gasteiger charge is -2.77. The van der Waals surface area contributed by atoms with Crippen molar-refractivity contribution in [2.24, 2.45) is 29.1 Å². The van der Waals surface area contributed by atoms with Gasteiger partial charge in [-0.05, 0) is 148 Å². The zero-order chi connectivity index (χ0) is 36.2. The Bertz CT molecular complexity index is 2540. The predicted molar refractivity (Wildman–Crippen MR) is 222 cm³/mol. The summed E-state index contributed by atoms with van der Waals surface area (Å²) in [5.74, 6) is 5.50. The van der Waals surface area contributed by atoms with Crippen LogP contribution in [0.25, 0.3) is 21.9 Å². The van der Waals surface area contributed by atoms with Crippen LogP contribution in [0.4, 0.5) is 17.1 Å². The van der Waals surface area contributed by atoms with Crippen LogP contribution in [0.5, 0.6) is 11.5 Å². The van der Waals surface area contributed by atoms with Gasteiger partial charge in [0.05, 0.1) is 0 Å². The molecule has 2 bridgehead atoms. The van der Waals surface area contributed by atoms with Crippen molar-refractivity contribution in [3.63, 3.8) is 0 Å². The van der Waals surface area contributed by atoms with Crippen molar-refractivity contribution in [1.82, 2.24) is 0 Å². The van der Waals surface area contributed by atoms with Gasteiger partial charge in [0, 0.05) is 39.7 Å². The number of anilines is 3. The lowest BCUT2D eigenvalue weighted by Crippen LogP contribution is -2.74. The number of para-hydroxylation sites is 1. The molecule has 12 rings (SSSR count). The Hall–Kier alpha value is -4.82. The summed E-state index contributed by atoms with van der Waals surface area (Å²) in [6, 6.07) is 48.3. The Labute approximate surface area is 320 Å². The van der Waals surface area contributed by atoms with Crippen molar-refractivity contribution < 1.29 is 4.74 Å². The first-order valence-corrected chi connectivity index (χ1v) is 20.6. The summed E-state index contributed by atoms with van der Waals surface area (Å²) >= 11 is 0. The van der Waals surface area contributed by atoms with E-state index >= 15 is 0 Å². The number of fused-ring (bicyclic) bond motifs is 9. The monoisotopic (exact) mass is 703 g/mol. The highest BCUT2D eigenvalue weighted by Gasteiger charge is 2.84. The van der Waals surface area contributed by atoms with Crippen LogP contribution in [0.1, 0.15) is 88.5 Å². The van der Waals surface area contributed by atoms with Gasteiger partial charge in [0.15, 0.2) is 0 Å². The number of benzene rings is 6. The molecule has 4 fully saturated rings. The van der Waals surface area contributed by atoms with Gasteiger partial charge in [0.2, 0.25) is 0 Å². The minimum absolute atomic E-state index is 0.0841. The van der Waals surface area contributed by atoms with Crippen molar-refractivity contribution in [3.8, 4) is 22.6 Å². The Morgan fingerprint density at radius 2 is 1.22 bits per heavy atom. The van der Waals surface area contributed by atoms with Gasteiger partial charge >= 0.3 is 0 Å². The van der Waals surface area contributed by atoms with Crippen LogP contribution in [0, 0.1) is 29.1 Å². The van der Waals surface area contributed by atoms with Gasteiger partial charge in [-0.1, -0.05) is 113 Å². The SMILES string of the molecule is CC1(C)CCC(C)(C)c2cc(N(c3ccc(-c4cccc5ccccc45)cc3)c3ccc4c(c3)Oc3ccccc3C43C4CC5CC6CC3C64C5)ccc21. The topological polar surface area (TPSA) is 12.5 Å². The average molecular weight is 704 g/mol. The number of nitrogens with zero attached hydrogens (tertiary/aromatic N) is 1. The van der Waals surface area contributed by atoms with E-state index in [1.54, 1.807) is 0 Å². The van der Waals surface area contributed by atoms with Crippen LogP contribution in [-0.4, -0.2) is 0 Å². The Balaban J connectivity index is 1.02. The molecule has 6 aromatic carbocycles. The van der Waals surface area contributed by atoms with Crippen molar-refractivity contribution in [2.75, 3.05) is 4.90 Å². The molecular formula is C52H49NO. The highest BCUT2D eigenvalue weighted by molar-refractivity contribution is 5.97. The van der Waals surface area contributed by atoms with E-state index in [1.165, 1.54) is 88.4 Å². The molecule has 6 unspecified atom stereocenters. The molecule has 1 heterocycles. The summed E-state index contributed by atoms with van der Waals surface area (Å²) in [7, 11) is 0. The summed E-state index contributed by atoms with van der Waals surface area (Å²) in [4.78, 5) is 2.49. The second kappa shape index (κ2) is 10.5. The maximum Gasteiger partial charge on any atom is 0.133 e.